The van der Waals surface area contributed by atoms with E-state index in [1.54, 1.807) is 12.1 Å². The standard InChI is InChI=1S/C16H17NO4/c1-10-5-3-4-6-14(10)17-16(2,15(20)21)11-7-12(18)9-13(19)8-11/h3-9,17-19H,1-2H3,(H,20,21). The highest BCUT2D eigenvalue weighted by atomic mass is 16.4. The minimum atomic E-state index is -1.48. The van der Waals surface area contributed by atoms with Crippen molar-refractivity contribution in [3.05, 3.63) is 53.6 Å². The van der Waals surface area contributed by atoms with Crippen molar-refractivity contribution in [1.82, 2.24) is 0 Å². The molecule has 0 aliphatic heterocycles. The summed E-state index contributed by atoms with van der Waals surface area (Å²) in [7, 11) is 0. The molecule has 5 heteroatoms. The Labute approximate surface area is 122 Å². The van der Waals surface area contributed by atoms with Crippen molar-refractivity contribution in [2.24, 2.45) is 0 Å². The van der Waals surface area contributed by atoms with Gasteiger partial charge < -0.3 is 20.6 Å². The number of hydrogen-bond acceptors (Lipinski definition) is 4. The van der Waals surface area contributed by atoms with Crippen LogP contribution in [0.1, 0.15) is 18.1 Å². The smallest absolute Gasteiger partial charge is 0.333 e. The van der Waals surface area contributed by atoms with Crippen LogP contribution < -0.4 is 5.32 Å². The average Bonchev–Trinajstić information content (AvgIpc) is 2.40. The van der Waals surface area contributed by atoms with Gasteiger partial charge in [0.15, 0.2) is 5.54 Å². The van der Waals surface area contributed by atoms with Crippen LogP contribution in [-0.2, 0) is 10.3 Å². The van der Waals surface area contributed by atoms with Crippen LogP contribution in [0.2, 0.25) is 0 Å². The zero-order valence-electron chi connectivity index (χ0n) is 11.8. The van der Waals surface area contributed by atoms with Gasteiger partial charge in [0.2, 0.25) is 0 Å². The first-order valence-electron chi connectivity index (χ1n) is 6.43. The topological polar surface area (TPSA) is 89.8 Å². The van der Waals surface area contributed by atoms with Gasteiger partial charge in [0.25, 0.3) is 0 Å². The largest absolute Gasteiger partial charge is 0.508 e. The van der Waals surface area contributed by atoms with Crippen LogP contribution in [0.25, 0.3) is 0 Å². The van der Waals surface area contributed by atoms with E-state index in [1.165, 1.54) is 19.1 Å². The summed E-state index contributed by atoms with van der Waals surface area (Å²) in [6.45, 7) is 3.35. The fourth-order valence-electron chi connectivity index (χ4n) is 2.12. The lowest BCUT2D eigenvalue weighted by Gasteiger charge is -2.29. The quantitative estimate of drug-likeness (QED) is 0.694. The van der Waals surface area contributed by atoms with Crippen LogP contribution in [0.15, 0.2) is 42.5 Å². The van der Waals surface area contributed by atoms with Gasteiger partial charge in [-0.1, -0.05) is 18.2 Å². The zero-order chi connectivity index (χ0) is 15.6. The van der Waals surface area contributed by atoms with E-state index in [-0.39, 0.29) is 17.1 Å². The maximum Gasteiger partial charge on any atom is 0.333 e. The van der Waals surface area contributed by atoms with Crippen LogP contribution in [0.4, 0.5) is 5.69 Å². The van der Waals surface area contributed by atoms with E-state index in [4.69, 9.17) is 0 Å². The van der Waals surface area contributed by atoms with Crippen LogP contribution in [0, 0.1) is 6.92 Å². The maximum atomic E-state index is 11.7. The van der Waals surface area contributed by atoms with Gasteiger partial charge >= 0.3 is 5.97 Å². The molecule has 0 aromatic heterocycles. The van der Waals surface area contributed by atoms with Crippen LogP contribution in [0.5, 0.6) is 11.5 Å². The van der Waals surface area contributed by atoms with Gasteiger partial charge in [-0.2, -0.15) is 0 Å². The van der Waals surface area contributed by atoms with E-state index in [9.17, 15) is 20.1 Å². The van der Waals surface area contributed by atoms with Gasteiger partial charge in [-0.05, 0) is 43.2 Å². The minimum absolute atomic E-state index is 0.191. The number of hydrogen-bond donors (Lipinski definition) is 4. The van der Waals surface area contributed by atoms with Crippen LogP contribution in [-0.4, -0.2) is 21.3 Å². The second-order valence-corrected chi connectivity index (χ2v) is 5.11. The number of phenolic OH excluding ortho intramolecular Hbond substituents is 2. The third kappa shape index (κ3) is 2.91. The molecule has 0 aliphatic rings. The van der Waals surface area contributed by atoms with Crippen molar-refractivity contribution in [3.63, 3.8) is 0 Å². The Morgan fingerprint density at radius 2 is 1.67 bits per heavy atom. The van der Waals surface area contributed by atoms with E-state index >= 15 is 0 Å². The first-order chi connectivity index (χ1) is 9.83. The molecule has 0 radical (unpaired) electrons. The number of carboxylic acids is 1. The number of nitrogens with one attached hydrogen (secondary N) is 1. The number of aliphatic carboxylic acids is 1. The number of aromatic hydroxyl groups is 2. The van der Waals surface area contributed by atoms with Gasteiger partial charge in [0, 0.05) is 11.8 Å². The molecular weight excluding hydrogens is 270 g/mol. The number of rotatable bonds is 4. The molecule has 0 heterocycles. The molecule has 1 atom stereocenters. The first-order valence-corrected chi connectivity index (χ1v) is 6.43. The Morgan fingerprint density at radius 1 is 1.10 bits per heavy atom. The summed E-state index contributed by atoms with van der Waals surface area (Å²) in [6, 6.07) is 11.1. The number of benzene rings is 2. The Bertz CT molecular complexity index is 663. The molecule has 2 aromatic rings. The van der Waals surface area contributed by atoms with E-state index in [2.05, 4.69) is 5.32 Å². The zero-order valence-corrected chi connectivity index (χ0v) is 11.8. The second-order valence-electron chi connectivity index (χ2n) is 5.11. The molecule has 0 saturated carbocycles. The van der Waals surface area contributed by atoms with Gasteiger partial charge in [0.1, 0.15) is 11.5 Å². The highest BCUT2D eigenvalue weighted by Gasteiger charge is 2.36. The molecule has 0 spiro atoms. The van der Waals surface area contributed by atoms with Crippen molar-refractivity contribution in [1.29, 1.82) is 0 Å². The Hall–Kier alpha value is -2.69. The molecule has 21 heavy (non-hydrogen) atoms. The lowest BCUT2D eigenvalue weighted by Crippen LogP contribution is -2.40. The second kappa shape index (κ2) is 5.36. The fraction of sp³-hybridized carbons (Fsp3) is 0.188. The Morgan fingerprint density at radius 3 is 2.19 bits per heavy atom. The minimum Gasteiger partial charge on any atom is -0.508 e. The van der Waals surface area contributed by atoms with Crippen LogP contribution in [0.3, 0.4) is 0 Å². The van der Waals surface area contributed by atoms with Crippen molar-refractivity contribution in [2.75, 3.05) is 5.32 Å². The maximum absolute atomic E-state index is 11.7. The summed E-state index contributed by atoms with van der Waals surface area (Å²) in [5.74, 6) is -1.50. The summed E-state index contributed by atoms with van der Waals surface area (Å²) < 4.78 is 0. The van der Waals surface area contributed by atoms with Gasteiger partial charge in [-0.15, -0.1) is 0 Å². The predicted molar refractivity (Wildman–Crippen MR) is 79.6 cm³/mol. The third-order valence-electron chi connectivity index (χ3n) is 3.44. The molecule has 0 saturated heterocycles. The first kappa shape index (κ1) is 14.7. The Balaban J connectivity index is 2.50. The summed E-state index contributed by atoms with van der Waals surface area (Å²) in [6.07, 6.45) is 0. The number of phenols is 2. The SMILES string of the molecule is Cc1ccccc1NC(C)(C(=O)O)c1cc(O)cc(O)c1. The number of carboxylic acid groups (broad SMARTS) is 1. The molecule has 2 aromatic carbocycles. The predicted octanol–water partition coefficient (Wildman–Crippen LogP) is 2.82. The normalized spacial score (nSPS) is 13.4. The number of carbonyl (C=O) groups is 1. The van der Waals surface area contributed by atoms with E-state index < -0.39 is 11.5 Å². The molecule has 5 nitrogen and oxygen atoms in total. The summed E-state index contributed by atoms with van der Waals surface area (Å²) >= 11 is 0. The molecule has 2 rings (SSSR count). The van der Waals surface area contributed by atoms with Gasteiger partial charge in [-0.25, -0.2) is 4.79 Å². The molecule has 0 bridgehead atoms. The third-order valence-corrected chi connectivity index (χ3v) is 3.44. The van der Waals surface area contributed by atoms with Crippen LogP contribution >= 0.6 is 0 Å². The van der Waals surface area contributed by atoms with Crippen molar-refractivity contribution < 1.29 is 20.1 Å². The summed E-state index contributed by atoms with van der Waals surface area (Å²) in [5.41, 5.74) is 0.345. The number of anilines is 1. The van der Waals surface area contributed by atoms with Crippen molar-refractivity contribution in [2.45, 2.75) is 19.4 Å². The number of aryl methyl sites for hydroxylation is 1. The van der Waals surface area contributed by atoms with Gasteiger partial charge in [0.05, 0.1) is 0 Å². The van der Waals surface area contributed by atoms with E-state index in [1.807, 2.05) is 19.1 Å². The van der Waals surface area contributed by atoms with Gasteiger partial charge in [-0.3, -0.25) is 0 Å². The lowest BCUT2D eigenvalue weighted by molar-refractivity contribution is -0.142. The molecule has 0 fully saturated rings. The molecule has 4 N–H and O–H groups in total. The highest BCUT2D eigenvalue weighted by molar-refractivity contribution is 5.84. The molecule has 110 valence electrons. The molecule has 1 unspecified atom stereocenters. The van der Waals surface area contributed by atoms with E-state index in [0.29, 0.717) is 5.69 Å². The molecule has 0 amide bonds. The van der Waals surface area contributed by atoms with E-state index in [0.717, 1.165) is 11.6 Å². The molecule has 0 aliphatic carbocycles. The summed E-state index contributed by atoms with van der Waals surface area (Å²) in [5, 5.41) is 31.7. The summed E-state index contributed by atoms with van der Waals surface area (Å²) in [4.78, 5) is 11.7. The van der Waals surface area contributed by atoms with Crippen molar-refractivity contribution >= 4 is 11.7 Å². The Kier molecular flexibility index (Phi) is 3.76. The molecular formula is C16H17NO4. The average molecular weight is 287 g/mol. The fourth-order valence-corrected chi connectivity index (χ4v) is 2.12. The lowest BCUT2D eigenvalue weighted by atomic mass is 9.91. The number of para-hydroxylation sites is 1. The monoisotopic (exact) mass is 287 g/mol. The van der Waals surface area contributed by atoms with Crippen molar-refractivity contribution in [3.8, 4) is 11.5 Å². The highest BCUT2D eigenvalue weighted by Crippen LogP contribution is 2.32.